The number of hydrogen-bond donors (Lipinski definition) is 1. The van der Waals surface area contributed by atoms with Crippen molar-refractivity contribution in [3.63, 3.8) is 0 Å². The summed E-state index contributed by atoms with van der Waals surface area (Å²) in [7, 11) is 2.07. The molecule has 1 N–H and O–H groups in total. The van der Waals surface area contributed by atoms with Crippen LogP contribution in [0.25, 0.3) is 0 Å². The summed E-state index contributed by atoms with van der Waals surface area (Å²) in [5.74, 6) is 0.138. The van der Waals surface area contributed by atoms with E-state index in [9.17, 15) is 9.59 Å². The number of anilines is 2. The maximum Gasteiger partial charge on any atom is 0.244 e. The van der Waals surface area contributed by atoms with Crippen molar-refractivity contribution >= 4 is 23.2 Å². The lowest BCUT2D eigenvalue weighted by Crippen LogP contribution is -2.53. The standard InChI is InChI=1S/C23H30N4O2/c1-18(23(29)27-15-13-26(14-16-27)19(2)28)24-21-9-11-22(12-10-21)25(3)17-20-7-5-4-6-8-20/h4-12,18,24H,13-17H2,1-3H3. The van der Waals surface area contributed by atoms with Crippen molar-refractivity contribution in [2.75, 3.05) is 43.4 Å². The van der Waals surface area contributed by atoms with Crippen LogP contribution in [0, 0.1) is 0 Å². The third-order valence-corrected chi connectivity index (χ3v) is 5.36. The predicted octanol–water partition coefficient (Wildman–Crippen LogP) is 2.81. The fourth-order valence-corrected chi connectivity index (χ4v) is 3.59. The van der Waals surface area contributed by atoms with Crippen molar-refractivity contribution < 1.29 is 9.59 Å². The molecule has 0 aliphatic carbocycles. The molecule has 2 amide bonds. The molecule has 2 aromatic rings. The zero-order chi connectivity index (χ0) is 20.8. The van der Waals surface area contributed by atoms with E-state index >= 15 is 0 Å². The minimum atomic E-state index is -0.313. The maximum absolute atomic E-state index is 12.7. The van der Waals surface area contributed by atoms with Crippen molar-refractivity contribution in [1.29, 1.82) is 0 Å². The van der Waals surface area contributed by atoms with Gasteiger partial charge in [0.25, 0.3) is 0 Å². The zero-order valence-electron chi connectivity index (χ0n) is 17.5. The molecule has 0 spiro atoms. The Bertz CT molecular complexity index is 815. The summed E-state index contributed by atoms with van der Waals surface area (Å²) in [5.41, 5.74) is 3.31. The van der Waals surface area contributed by atoms with Gasteiger partial charge >= 0.3 is 0 Å². The Hall–Kier alpha value is -3.02. The second-order valence-electron chi connectivity index (χ2n) is 7.59. The van der Waals surface area contributed by atoms with Gasteiger partial charge in [-0.3, -0.25) is 9.59 Å². The number of amides is 2. The number of hydrogen-bond acceptors (Lipinski definition) is 4. The van der Waals surface area contributed by atoms with E-state index in [1.165, 1.54) is 5.56 Å². The SMILES string of the molecule is CC(=O)N1CCN(C(=O)C(C)Nc2ccc(N(C)Cc3ccccc3)cc2)CC1. The number of piperazine rings is 1. The van der Waals surface area contributed by atoms with Gasteiger partial charge in [-0.2, -0.15) is 0 Å². The minimum absolute atomic E-state index is 0.0680. The van der Waals surface area contributed by atoms with Crippen LogP contribution in [0.1, 0.15) is 19.4 Å². The largest absolute Gasteiger partial charge is 0.374 e. The summed E-state index contributed by atoms with van der Waals surface area (Å²) in [6, 6.07) is 18.2. The van der Waals surface area contributed by atoms with Gasteiger partial charge in [0.1, 0.15) is 6.04 Å². The lowest BCUT2D eigenvalue weighted by atomic mass is 10.2. The third-order valence-electron chi connectivity index (χ3n) is 5.36. The monoisotopic (exact) mass is 394 g/mol. The molecule has 0 bridgehead atoms. The van der Waals surface area contributed by atoms with Crippen LogP contribution in [0.2, 0.25) is 0 Å². The van der Waals surface area contributed by atoms with E-state index in [4.69, 9.17) is 0 Å². The first-order valence-electron chi connectivity index (χ1n) is 10.1. The van der Waals surface area contributed by atoms with Crippen molar-refractivity contribution in [3.8, 4) is 0 Å². The molecule has 1 fully saturated rings. The number of carbonyl (C=O) groups is 2. The molecule has 1 unspecified atom stereocenters. The van der Waals surface area contributed by atoms with E-state index in [2.05, 4.69) is 53.7 Å². The van der Waals surface area contributed by atoms with E-state index < -0.39 is 0 Å². The first kappa shape index (κ1) is 20.7. The lowest BCUT2D eigenvalue weighted by Gasteiger charge is -2.35. The minimum Gasteiger partial charge on any atom is -0.374 e. The summed E-state index contributed by atoms with van der Waals surface area (Å²) < 4.78 is 0. The molecule has 154 valence electrons. The van der Waals surface area contributed by atoms with Gasteiger partial charge in [0.2, 0.25) is 11.8 Å². The van der Waals surface area contributed by atoms with Crippen LogP contribution >= 0.6 is 0 Å². The first-order valence-corrected chi connectivity index (χ1v) is 10.1. The fraction of sp³-hybridized carbons (Fsp3) is 0.391. The smallest absolute Gasteiger partial charge is 0.244 e. The Morgan fingerprint density at radius 1 is 0.966 bits per heavy atom. The number of nitrogens with one attached hydrogen (secondary N) is 1. The van der Waals surface area contributed by atoms with Crippen molar-refractivity contribution in [1.82, 2.24) is 9.80 Å². The average Bonchev–Trinajstić information content (AvgIpc) is 2.74. The van der Waals surface area contributed by atoms with Crippen LogP contribution in [0.5, 0.6) is 0 Å². The Balaban J connectivity index is 1.52. The van der Waals surface area contributed by atoms with Gasteiger partial charge < -0.3 is 20.0 Å². The van der Waals surface area contributed by atoms with Gasteiger partial charge in [-0.25, -0.2) is 0 Å². The molecule has 1 atom stereocenters. The quantitative estimate of drug-likeness (QED) is 0.819. The molecule has 3 rings (SSSR count). The summed E-state index contributed by atoms with van der Waals surface area (Å²) in [6.45, 7) is 6.69. The van der Waals surface area contributed by atoms with Crippen LogP contribution in [0.15, 0.2) is 54.6 Å². The molecule has 6 heteroatoms. The highest BCUT2D eigenvalue weighted by Gasteiger charge is 2.25. The van der Waals surface area contributed by atoms with Gasteiger partial charge in [0.15, 0.2) is 0 Å². The second kappa shape index (κ2) is 9.45. The van der Waals surface area contributed by atoms with E-state index in [0.717, 1.165) is 17.9 Å². The number of carbonyl (C=O) groups excluding carboxylic acids is 2. The molecule has 2 aromatic carbocycles. The number of rotatable bonds is 6. The summed E-state index contributed by atoms with van der Waals surface area (Å²) in [4.78, 5) is 30.0. The molecule has 1 aliphatic heterocycles. The third kappa shape index (κ3) is 5.50. The maximum atomic E-state index is 12.7. The highest BCUT2D eigenvalue weighted by molar-refractivity contribution is 5.84. The number of benzene rings is 2. The molecule has 1 aliphatic rings. The Labute approximate surface area is 173 Å². The van der Waals surface area contributed by atoms with Gasteiger partial charge in [0.05, 0.1) is 0 Å². The summed E-state index contributed by atoms with van der Waals surface area (Å²) in [6.07, 6.45) is 0. The summed E-state index contributed by atoms with van der Waals surface area (Å²) in [5, 5.41) is 3.30. The second-order valence-corrected chi connectivity index (χ2v) is 7.59. The zero-order valence-corrected chi connectivity index (χ0v) is 17.5. The average molecular weight is 395 g/mol. The van der Waals surface area contributed by atoms with Gasteiger partial charge in [-0.15, -0.1) is 0 Å². The Kier molecular flexibility index (Phi) is 6.75. The number of nitrogens with zero attached hydrogens (tertiary/aromatic N) is 3. The van der Waals surface area contributed by atoms with E-state index in [1.807, 2.05) is 30.0 Å². The molecular formula is C23H30N4O2. The molecule has 6 nitrogen and oxygen atoms in total. The topological polar surface area (TPSA) is 55.9 Å². The molecule has 0 radical (unpaired) electrons. The first-order chi connectivity index (χ1) is 13.9. The van der Waals surface area contributed by atoms with Gasteiger partial charge in [-0.05, 0) is 36.8 Å². The van der Waals surface area contributed by atoms with Crippen LogP contribution in [-0.2, 0) is 16.1 Å². The van der Waals surface area contributed by atoms with Crippen LogP contribution in [0.4, 0.5) is 11.4 Å². The van der Waals surface area contributed by atoms with Crippen molar-refractivity contribution in [2.45, 2.75) is 26.4 Å². The fourth-order valence-electron chi connectivity index (χ4n) is 3.59. The predicted molar refractivity (Wildman–Crippen MR) is 117 cm³/mol. The molecule has 1 heterocycles. The molecule has 0 aromatic heterocycles. The molecule has 29 heavy (non-hydrogen) atoms. The van der Waals surface area contributed by atoms with Crippen LogP contribution in [-0.4, -0.2) is 60.9 Å². The van der Waals surface area contributed by atoms with Crippen molar-refractivity contribution in [3.05, 3.63) is 60.2 Å². The lowest BCUT2D eigenvalue weighted by molar-refractivity contribution is -0.138. The molecule has 1 saturated heterocycles. The van der Waals surface area contributed by atoms with Crippen LogP contribution < -0.4 is 10.2 Å². The summed E-state index contributed by atoms with van der Waals surface area (Å²) >= 11 is 0. The molecule has 0 saturated carbocycles. The van der Waals surface area contributed by atoms with E-state index in [1.54, 1.807) is 11.8 Å². The Morgan fingerprint density at radius 3 is 2.14 bits per heavy atom. The van der Waals surface area contributed by atoms with Gasteiger partial charge in [-0.1, -0.05) is 30.3 Å². The van der Waals surface area contributed by atoms with Crippen molar-refractivity contribution in [2.24, 2.45) is 0 Å². The molecular weight excluding hydrogens is 364 g/mol. The van der Waals surface area contributed by atoms with E-state index in [-0.39, 0.29) is 17.9 Å². The van der Waals surface area contributed by atoms with Crippen LogP contribution in [0.3, 0.4) is 0 Å². The highest BCUT2D eigenvalue weighted by Crippen LogP contribution is 2.19. The normalized spacial score (nSPS) is 15.0. The highest BCUT2D eigenvalue weighted by atomic mass is 16.2. The van der Waals surface area contributed by atoms with E-state index in [0.29, 0.717) is 26.2 Å². The Morgan fingerprint density at radius 2 is 1.55 bits per heavy atom. The van der Waals surface area contributed by atoms with Gasteiger partial charge in [0, 0.05) is 58.1 Å².